The summed E-state index contributed by atoms with van der Waals surface area (Å²) in [6.07, 6.45) is 0. The van der Waals surface area contributed by atoms with Gasteiger partial charge in [-0.05, 0) is 47.0 Å². The third-order valence-corrected chi connectivity index (χ3v) is 3.79. The Morgan fingerprint density at radius 3 is 2.45 bits per heavy atom. The number of halogens is 2. The standard InChI is InChI=1S/C14H17Br2NO3/c1-8(2)14(9(3)18)17-13(19)7-20-12-5-4-10(15)6-11(12)16/h4-6,8,14H,7H2,1-3H3,(H,17,19). The van der Waals surface area contributed by atoms with Gasteiger partial charge in [0.2, 0.25) is 0 Å². The Kier molecular flexibility index (Phi) is 6.68. The lowest BCUT2D eigenvalue weighted by atomic mass is 10.0. The zero-order valence-electron chi connectivity index (χ0n) is 11.6. The highest BCUT2D eigenvalue weighted by atomic mass is 79.9. The van der Waals surface area contributed by atoms with Gasteiger partial charge in [-0.2, -0.15) is 0 Å². The van der Waals surface area contributed by atoms with E-state index in [9.17, 15) is 9.59 Å². The molecule has 1 rings (SSSR count). The molecule has 0 spiro atoms. The number of ketones is 1. The Bertz CT molecular complexity index is 503. The lowest BCUT2D eigenvalue weighted by molar-refractivity contribution is -0.129. The summed E-state index contributed by atoms with van der Waals surface area (Å²) in [5.41, 5.74) is 0. The molecule has 1 amide bonds. The summed E-state index contributed by atoms with van der Waals surface area (Å²) in [5, 5.41) is 2.68. The molecule has 0 radical (unpaired) electrons. The molecule has 1 unspecified atom stereocenters. The van der Waals surface area contributed by atoms with E-state index in [0.29, 0.717) is 5.75 Å². The minimum Gasteiger partial charge on any atom is -0.483 e. The SMILES string of the molecule is CC(=O)C(NC(=O)COc1ccc(Br)cc1Br)C(C)C. The molecule has 0 saturated carbocycles. The van der Waals surface area contributed by atoms with Crippen molar-refractivity contribution in [2.75, 3.05) is 6.61 Å². The van der Waals surface area contributed by atoms with Gasteiger partial charge in [-0.3, -0.25) is 9.59 Å². The zero-order chi connectivity index (χ0) is 15.3. The fourth-order valence-electron chi connectivity index (χ4n) is 1.69. The number of nitrogens with one attached hydrogen (secondary N) is 1. The Morgan fingerprint density at radius 2 is 1.95 bits per heavy atom. The van der Waals surface area contributed by atoms with Crippen LogP contribution in [0.1, 0.15) is 20.8 Å². The van der Waals surface area contributed by atoms with Crippen LogP contribution >= 0.6 is 31.9 Å². The van der Waals surface area contributed by atoms with E-state index in [4.69, 9.17) is 4.74 Å². The highest BCUT2D eigenvalue weighted by molar-refractivity contribution is 9.11. The summed E-state index contributed by atoms with van der Waals surface area (Å²) >= 11 is 6.69. The van der Waals surface area contributed by atoms with Gasteiger partial charge >= 0.3 is 0 Å². The molecular formula is C14H17Br2NO3. The molecule has 1 atom stereocenters. The van der Waals surface area contributed by atoms with Crippen LogP contribution in [0, 0.1) is 5.92 Å². The fourth-order valence-corrected chi connectivity index (χ4v) is 2.85. The maximum Gasteiger partial charge on any atom is 0.258 e. The average Bonchev–Trinajstić information content (AvgIpc) is 2.34. The molecule has 110 valence electrons. The highest BCUT2D eigenvalue weighted by Crippen LogP contribution is 2.28. The molecule has 0 bridgehead atoms. The Morgan fingerprint density at radius 1 is 1.30 bits per heavy atom. The number of hydrogen-bond donors (Lipinski definition) is 1. The number of benzene rings is 1. The van der Waals surface area contributed by atoms with Crippen molar-refractivity contribution < 1.29 is 14.3 Å². The highest BCUT2D eigenvalue weighted by Gasteiger charge is 2.20. The molecule has 0 saturated heterocycles. The van der Waals surface area contributed by atoms with Crippen LogP contribution in [0.2, 0.25) is 0 Å². The number of ether oxygens (including phenoxy) is 1. The van der Waals surface area contributed by atoms with Gasteiger partial charge in [0.1, 0.15) is 5.75 Å². The van der Waals surface area contributed by atoms with Crippen molar-refractivity contribution in [2.45, 2.75) is 26.8 Å². The van der Waals surface area contributed by atoms with E-state index >= 15 is 0 Å². The van der Waals surface area contributed by atoms with Gasteiger partial charge in [-0.25, -0.2) is 0 Å². The molecule has 6 heteroatoms. The molecule has 20 heavy (non-hydrogen) atoms. The summed E-state index contributed by atoms with van der Waals surface area (Å²) in [4.78, 5) is 23.2. The van der Waals surface area contributed by atoms with Gasteiger partial charge in [0, 0.05) is 4.47 Å². The predicted molar refractivity (Wildman–Crippen MR) is 84.8 cm³/mol. The summed E-state index contributed by atoms with van der Waals surface area (Å²) in [7, 11) is 0. The summed E-state index contributed by atoms with van der Waals surface area (Å²) < 4.78 is 7.09. The van der Waals surface area contributed by atoms with Crippen molar-refractivity contribution in [1.82, 2.24) is 5.32 Å². The van der Waals surface area contributed by atoms with Crippen LogP contribution in [0.3, 0.4) is 0 Å². The van der Waals surface area contributed by atoms with Crippen LogP contribution in [-0.4, -0.2) is 24.3 Å². The number of carbonyl (C=O) groups excluding carboxylic acids is 2. The Balaban J connectivity index is 2.57. The van der Waals surface area contributed by atoms with E-state index in [1.165, 1.54) is 6.92 Å². The van der Waals surface area contributed by atoms with Crippen LogP contribution in [0.4, 0.5) is 0 Å². The maximum absolute atomic E-state index is 11.8. The van der Waals surface area contributed by atoms with Gasteiger partial charge in [0.15, 0.2) is 12.4 Å². The summed E-state index contributed by atoms with van der Waals surface area (Å²) in [5.74, 6) is 0.259. The first kappa shape index (κ1) is 17.2. The number of amides is 1. The van der Waals surface area contributed by atoms with Gasteiger partial charge in [-0.15, -0.1) is 0 Å². The monoisotopic (exact) mass is 405 g/mol. The van der Waals surface area contributed by atoms with Crippen molar-refractivity contribution in [3.63, 3.8) is 0 Å². The first-order chi connectivity index (χ1) is 9.31. The lowest BCUT2D eigenvalue weighted by Crippen LogP contribution is -2.45. The second kappa shape index (κ2) is 7.78. The van der Waals surface area contributed by atoms with Gasteiger partial charge < -0.3 is 10.1 Å². The molecule has 1 aromatic carbocycles. The topological polar surface area (TPSA) is 55.4 Å². The smallest absolute Gasteiger partial charge is 0.258 e. The van der Waals surface area contributed by atoms with Crippen LogP contribution in [0.5, 0.6) is 5.75 Å². The van der Waals surface area contributed by atoms with Crippen molar-refractivity contribution in [2.24, 2.45) is 5.92 Å². The van der Waals surface area contributed by atoms with Crippen molar-refractivity contribution >= 4 is 43.6 Å². The molecule has 0 heterocycles. The van der Waals surface area contributed by atoms with E-state index in [-0.39, 0.29) is 24.2 Å². The van der Waals surface area contributed by atoms with Crippen molar-refractivity contribution in [3.8, 4) is 5.75 Å². The minimum absolute atomic E-state index is 0.0517. The summed E-state index contributed by atoms with van der Waals surface area (Å²) in [6, 6.07) is 4.94. The van der Waals surface area contributed by atoms with Crippen LogP contribution < -0.4 is 10.1 Å². The number of rotatable bonds is 6. The third-order valence-electron chi connectivity index (χ3n) is 2.67. The Hall–Kier alpha value is -0.880. The van der Waals surface area contributed by atoms with E-state index in [1.54, 1.807) is 6.07 Å². The second-order valence-electron chi connectivity index (χ2n) is 4.76. The quantitative estimate of drug-likeness (QED) is 0.788. The van der Waals surface area contributed by atoms with Gasteiger partial charge in [0.25, 0.3) is 5.91 Å². The Labute approximate surface area is 135 Å². The molecule has 1 N–H and O–H groups in total. The van der Waals surface area contributed by atoms with Crippen LogP contribution in [0.15, 0.2) is 27.1 Å². The lowest BCUT2D eigenvalue weighted by Gasteiger charge is -2.19. The van der Waals surface area contributed by atoms with E-state index in [1.807, 2.05) is 26.0 Å². The maximum atomic E-state index is 11.8. The molecule has 0 aliphatic rings. The van der Waals surface area contributed by atoms with E-state index < -0.39 is 6.04 Å². The number of carbonyl (C=O) groups is 2. The molecule has 0 fully saturated rings. The number of Topliss-reactive ketones (excluding diaryl/α,β-unsaturated/α-hetero) is 1. The van der Waals surface area contributed by atoms with Gasteiger partial charge in [0.05, 0.1) is 10.5 Å². The largest absolute Gasteiger partial charge is 0.483 e. The summed E-state index contributed by atoms with van der Waals surface area (Å²) in [6.45, 7) is 5.12. The van der Waals surface area contributed by atoms with E-state index in [0.717, 1.165) is 8.95 Å². The van der Waals surface area contributed by atoms with E-state index in [2.05, 4.69) is 37.2 Å². The first-order valence-corrected chi connectivity index (χ1v) is 7.77. The average molecular weight is 407 g/mol. The normalized spacial score (nSPS) is 12.1. The number of hydrogen-bond acceptors (Lipinski definition) is 3. The molecule has 0 aromatic heterocycles. The van der Waals surface area contributed by atoms with Crippen LogP contribution in [0.25, 0.3) is 0 Å². The third kappa shape index (κ3) is 5.25. The molecule has 4 nitrogen and oxygen atoms in total. The molecular weight excluding hydrogens is 390 g/mol. The molecule has 0 aliphatic carbocycles. The molecule has 1 aromatic rings. The van der Waals surface area contributed by atoms with Gasteiger partial charge in [-0.1, -0.05) is 29.8 Å². The van der Waals surface area contributed by atoms with Crippen molar-refractivity contribution in [3.05, 3.63) is 27.1 Å². The fraction of sp³-hybridized carbons (Fsp3) is 0.429. The minimum atomic E-state index is -0.473. The van der Waals surface area contributed by atoms with Crippen LogP contribution in [-0.2, 0) is 9.59 Å². The van der Waals surface area contributed by atoms with Crippen molar-refractivity contribution in [1.29, 1.82) is 0 Å². The predicted octanol–water partition coefficient (Wildman–Crippen LogP) is 3.32. The second-order valence-corrected chi connectivity index (χ2v) is 6.53. The first-order valence-electron chi connectivity index (χ1n) is 6.19. The zero-order valence-corrected chi connectivity index (χ0v) is 14.7. The molecule has 0 aliphatic heterocycles.